The van der Waals surface area contributed by atoms with Gasteiger partial charge in [0.15, 0.2) is 13.2 Å². The lowest BCUT2D eigenvalue weighted by Gasteiger charge is -2.26. The van der Waals surface area contributed by atoms with E-state index in [1.165, 1.54) is 17.7 Å². The van der Waals surface area contributed by atoms with Crippen molar-refractivity contribution in [3.05, 3.63) is 65.2 Å². The number of nitrogens with one attached hydrogen (secondary N) is 1. The van der Waals surface area contributed by atoms with Crippen molar-refractivity contribution in [2.75, 3.05) is 13.2 Å². The number of rotatable bonds is 6. The number of carbonyl (C=O) groups is 2. The smallest absolute Gasteiger partial charge is 0.416 e. The lowest BCUT2D eigenvalue weighted by atomic mass is 9.88. The van der Waals surface area contributed by atoms with Crippen molar-refractivity contribution >= 4 is 11.9 Å². The number of benzene rings is 2. The van der Waals surface area contributed by atoms with Crippen LogP contribution in [0.15, 0.2) is 48.5 Å². The molecule has 1 N–H and O–H groups in total. The quantitative estimate of drug-likeness (QED) is 0.740. The summed E-state index contributed by atoms with van der Waals surface area (Å²) in [5.41, 5.74) is 1.37. The summed E-state index contributed by atoms with van der Waals surface area (Å²) in [6.07, 6.45) is -1.79. The van der Waals surface area contributed by atoms with Crippen molar-refractivity contribution in [2.24, 2.45) is 0 Å². The third-order valence-corrected chi connectivity index (χ3v) is 4.59. The van der Waals surface area contributed by atoms with Gasteiger partial charge in [0, 0.05) is 0 Å². The maximum atomic E-state index is 12.7. The Kier molecular flexibility index (Phi) is 6.41. The molecule has 1 atom stereocenters. The van der Waals surface area contributed by atoms with Gasteiger partial charge in [-0.25, -0.2) is 4.79 Å². The first kappa shape index (κ1) is 20.7. The van der Waals surface area contributed by atoms with Gasteiger partial charge in [0.1, 0.15) is 5.75 Å². The van der Waals surface area contributed by atoms with E-state index in [1.807, 2.05) is 24.3 Å². The van der Waals surface area contributed by atoms with Crippen molar-refractivity contribution in [3.8, 4) is 5.75 Å². The molecule has 5 nitrogen and oxygen atoms in total. The molecule has 0 spiro atoms. The van der Waals surface area contributed by atoms with Crippen molar-refractivity contribution in [1.82, 2.24) is 5.32 Å². The number of ether oxygens (including phenoxy) is 2. The normalized spacial score (nSPS) is 15.9. The van der Waals surface area contributed by atoms with E-state index in [1.54, 1.807) is 0 Å². The number of fused-ring (bicyclic) bond motifs is 1. The Labute approximate surface area is 165 Å². The van der Waals surface area contributed by atoms with Crippen LogP contribution in [0.3, 0.4) is 0 Å². The summed E-state index contributed by atoms with van der Waals surface area (Å²) in [5.74, 6) is -1.40. The van der Waals surface area contributed by atoms with Crippen LogP contribution in [-0.2, 0) is 26.9 Å². The number of aryl methyl sites for hydroxylation is 1. The average Bonchev–Trinajstić information content (AvgIpc) is 2.70. The SMILES string of the molecule is O=C(COC(=O)COc1cccc(C(F)(F)F)c1)N[C@H]1CCCc2ccccc21. The van der Waals surface area contributed by atoms with Crippen molar-refractivity contribution in [3.63, 3.8) is 0 Å². The second kappa shape index (κ2) is 8.98. The predicted molar refractivity (Wildman–Crippen MR) is 98.2 cm³/mol. The molecule has 0 aliphatic heterocycles. The molecule has 29 heavy (non-hydrogen) atoms. The molecular formula is C21H20F3NO4. The van der Waals surface area contributed by atoms with E-state index in [2.05, 4.69) is 5.32 Å². The number of hydrogen-bond acceptors (Lipinski definition) is 4. The van der Waals surface area contributed by atoms with Crippen LogP contribution in [0.5, 0.6) is 5.75 Å². The molecule has 2 aromatic carbocycles. The lowest BCUT2D eigenvalue weighted by Crippen LogP contribution is -2.34. The van der Waals surface area contributed by atoms with Gasteiger partial charge in [-0.3, -0.25) is 4.79 Å². The van der Waals surface area contributed by atoms with Crippen LogP contribution in [0.4, 0.5) is 13.2 Å². The van der Waals surface area contributed by atoms with E-state index in [0.29, 0.717) is 0 Å². The highest BCUT2D eigenvalue weighted by atomic mass is 19.4. The summed E-state index contributed by atoms with van der Waals surface area (Å²) in [5, 5.41) is 2.85. The van der Waals surface area contributed by atoms with Crippen molar-refractivity contribution < 1.29 is 32.2 Å². The summed E-state index contributed by atoms with van der Waals surface area (Å²) in [6.45, 7) is -1.08. The predicted octanol–water partition coefficient (Wildman–Crippen LogP) is 3.82. The van der Waals surface area contributed by atoms with E-state index < -0.39 is 36.8 Å². The Morgan fingerprint density at radius 2 is 1.86 bits per heavy atom. The maximum Gasteiger partial charge on any atom is 0.416 e. The molecule has 154 valence electrons. The second-order valence-electron chi connectivity index (χ2n) is 6.69. The molecule has 0 saturated heterocycles. The van der Waals surface area contributed by atoms with E-state index >= 15 is 0 Å². The molecule has 0 unspecified atom stereocenters. The number of esters is 1. The first-order valence-corrected chi connectivity index (χ1v) is 9.16. The number of alkyl halides is 3. The summed E-state index contributed by atoms with van der Waals surface area (Å²) in [4.78, 5) is 23.8. The van der Waals surface area contributed by atoms with Gasteiger partial charge in [0.05, 0.1) is 11.6 Å². The largest absolute Gasteiger partial charge is 0.482 e. The zero-order chi connectivity index (χ0) is 20.9. The number of halogens is 3. The molecule has 0 radical (unpaired) electrons. The second-order valence-corrected chi connectivity index (χ2v) is 6.69. The topological polar surface area (TPSA) is 64.6 Å². The minimum Gasteiger partial charge on any atom is -0.482 e. The Morgan fingerprint density at radius 3 is 2.66 bits per heavy atom. The zero-order valence-corrected chi connectivity index (χ0v) is 15.5. The van der Waals surface area contributed by atoms with Gasteiger partial charge in [0.25, 0.3) is 5.91 Å². The van der Waals surface area contributed by atoms with E-state index in [0.717, 1.165) is 37.0 Å². The third kappa shape index (κ3) is 5.73. The highest BCUT2D eigenvalue weighted by Gasteiger charge is 2.30. The summed E-state index contributed by atoms with van der Waals surface area (Å²) in [6, 6.07) is 11.9. The van der Waals surface area contributed by atoms with Gasteiger partial charge < -0.3 is 14.8 Å². The molecule has 1 aliphatic rings. The standard InChI is InChI=1S/C21H20F3NO4/c22-21(23,24)15-7-4-8-16(11-15)28-13-20(27)29-12-19(26)25-18-10-3-6-14-5-1-2-9-17(14)18/h1-2,4-5,7-9,11,18H,3,6,10,12-13H2,(H,25,26)/t18-/m0/s1. The van der Waals surface area contributed by atoms with Crippen LogP contribution in [0.25, 0.3) is 0 Å². The summed E-state index contributed by atoms with van der Waals surface area (Å²) < 4.78 is 47.9. The minimum absolute atomic E-state index is 0.111. The molecule has 0 fully saturated rings. The van der Waals surface area contributed by atoms with Crippen LogP contribution >= 0.6 is 0 Å². The molecule has 0 saturated carbocycles. The molecule has 8 heteroatoms. The Hall–Kier alpha value is -3.03. The molecule has 0 heterocycles. The molecular weight excluding hydrogens is 387 g/mol. The lowest BCUT2D eigenvalue weighted by molar-refractivity contribution is -0.150. The van der Waals surface area contributed by atoms with Crippen LogP contribution in [0.1, 0.15) is 35.6 Å². The minimum atomic E-state index is -4.50. The van der Waals surface area contributed by atoms with Gasteiger partial charge >= 0.3 is 12.1 Å². The highest BCUT2D eigenvalue weighted by molar-refractivity contribution is 5.81. The van der Waals surface area contributed by atoms with E-state index in [9.17, 15) is 22.8 Å². The molecule has 1 amide bonds. The number of hydrogen-bond donors (Lipinski definition) is 1. The Balaban J connectivity index is 1.45. The van der Waals surface area contributed by atoms with Crippen LogP contribution in [-0.4, -0.2) is 25.1 Å². The fourth-order valence-electron chi connectivity index (χ4n) is 3.23. The van der Waals surface area contributed by atoms with Gasteiger partial charge in [-0.2, -0.15) is 13.2 Å². The van der Waals surface area contributed by atoms with E-state index in [4.69, 9.17) is 9.47 Å². The van der Waals surface area contributed by atoms with Gasteiger partial charge in [-0.05, 0) is 48.6 Å². The number of amides is 1. The third-order valence-electron chi connectivity index (χ3n) is 4.59. The van der Waals surface area contributed by atoms with Crippen LogP contribution < -0.4 is 10.1 Å². The van der Waals surface area contributed by atoms with Crippen LogP contribution in [0.2, 0.25) is 0 Å². The van der Waals surface area contributed by atoms with Gasteiger partial charge in [0.2, 0.25) is 0 Å². The Morgan fingerprint density at radius 1 is 1.07 bits per heavy atom. The fraction of sp³-hybridized carbons (Fsp3) is 0.333. The maximum absolute atomic E-state index is 12.7. The Bertz CT molecular complexity index is 882. The molecule has 0 bridgehead atoms. The molecule has 0 aromatic heterocycles. The summed E-state index contributed by atoms with van der Waals surface area (Å²) in [7, 11) is 0. The van der Waals surface area contributed by atoms with E-state index in [-0.39, 0.29) is 11.8 Å². The first-order valence-electron chi connectivity index (χ1n) is 9.16. The zero-order valence-electron chi connectivity index (χ0n) is 15.5. The fourth-order valence-corrected chi connectivity index (χ4v) is 3.23. The van der Waals surface area contributed by atoms with Crippen molar-refractivity contribution in [1.29, 1.82) is 0 Å². The molecule has 3 rings (SSSR count). The van der Waals surface area contributed by atoms with Gasteiger partial charge in [-0.1, -0.05) is 30.3 Å². The van der Waals surface area contributed by atoms with Gasteiger partial charge in [-0.15, -0.1) is 0 Å². The summed E-state index contributed by atoms with van der Waals surface area (Å²) >= 11 is 0. The molecule has 1 aliphatic carbocycles. The number of carbonyl (C=O) groups excluding carboxylic acids is 2. The first-order chi connectivity index (χ1) is 13.8. The highest BCUT2D eigenvalue weighted by Crippen LogP contribution is 2.31. The monoisotopic (exact) mass is 407 g/mol. The van der Waals surface area contributed by atoms with Crippen LogP contribution in [0, 0.1) is 0 Å². The van der Waals surface area contributed by atoms with Crippen molar-refractivity contribution in [2.45, 2.75) is 31.5 Å². The molecule has 2 aromatic rings. The average molecular weight is 407 g/mol.